The summed E-state index contributed by atoms with van der Waals surface area (Å²) in [6.45, 7) is 7.56. The second-order valence-electron chi connectivity index (χ2n) is 9.75. The van der Waals surface area contributed by atoms with Crippen LogP contribution in [0.2, 0.25) is 0 Å². The molecule has 0 saturated heterocycles. The van der Waals surface area contributed by atoms with E-state index in [0.717, 1.165) is 36.7 Å². The highest BCUT2D eigenvalue weighted by atomic mass is 16.5. The first-order chi connectivity index (χ1) is 13.8. The molecule has 0 aliphatic heterocycles. The molecule has 0 aromatic heterocycles. The van der Waals surface area contributed by atoms with Crippen molar-refractivity contribution in [3.63, 3.8) is 0 Å². The summed E-state index contributed by atoms with van der Waals surface area (Å²) >= 11 is 0. The number of aliphatic hydroxyl groups is 1. The molecule has 1 fully saturated rings. The first-order valence-corrected chi connectivity index (χ1v) is 11.5. The van der Waals surface area contributed by atoms with E-state index in [0.29, 0.717) is 18.4 Å². The third-order valence-electron chi connectivity index (χ3n) is 6.38. The van der Waals surface area contributed by atoms with Gasteiger partial charge in [-0.1, -0.05) is 58.9 Å². The van der Waals surface area contributed by atoms with E-state index < -0.39 is 5.54 Å². The average molecular weight is 406 g/mol. The molecule has 29 heavy (non-hydrogen) atoms. The lowest BCUT2D eigenvalue weighted by Crippen LogP contribution is -2.46. The van der Waals surface area contributed by atoms with Crippen molar-refractivity contribution >= 4 is 0 Å². The maximum Gasteiger partial charge on any atom is 0.161 e. The molecule has 0 spiro atoms. The van der Waals surface area contributed by atoms with Gasteiger partial charge in [0.15, 0.2) is 11.5 Å². The lowest BCUT2D eigenvalue weighted by atomic mass is 9.75. The van der Waals surface area contributed by atoms with Crippen molar-refractivity contribution in [2.24, 2.45) is 23.5 Å². The van der Waals surface area contributed by atoms with Crippen LogP contribution < -0.4 is 15.2 Å². The average Bonchev–Trinajstić information content (AvgIpc) is 2.67. The lowest BCUT2D eigenvalue weighted by Gasteiger charge is -2.35. The van der Waals surface area contributed by atoms with Crippen molar-refractivity contribution in [1.29, 1.82) is 0 Å². The van der Waals surface area contributed by atoms with E-state index in [1.54, 1.807) is 7.11 Å². The van der Waals surface area contributed by atoms with Gasteiger partial charge in [0.2, 0.25) is 0 Å². The highest BCUT2D eigenvalue weighted by Crippen LogP contribution is 2.35. The summed E-state index contributed by atoms with van der Waals surface area (Å²) in [6, 6.07) is 6.17. The smallest absolute Gasteiger partial charge is 0.161 e. The molecule has 1 aliphatic rings. The third kappa shape index (κ3) is 8.18. The zero-order valence-electron chi connectivity index (χ0n) is 19.1. The Morgan fingerprint density at radius 2 is 1.93 bits per heavy atom. The van der Waals surface area contributed by atoms with E-state index in [1.165, 1.54) is 44.1 Å². The van der Waals surface area contributed by atoms with Crippen molar-refractivity contribution in [2.45, 2.75) is 84.1 Å². The molecule has 2 rings (SSSR count). The molecular formula is C25H43NO3. The molecule has 0 radical (unpaired) electrons. The normalized spacial score (nSPS) is 17.6. The summed E-state index contributed by atoms with van der Waals surface area (Å²) in [7, 11) is 1.69. The van der Waals surface area contributed by atoms with E-state index in [1.807, 2.05) is 6.07 Å². The van der Waals surface area contributed by atoms with Gasteiger partial charge in [0.05, 0.1) is 20.3 Å². The summed E-state index contributed by atoms with van der Waals surface area (Å²) in [5.41, 5.74) is 7.19. The van der Waals surface area contributed by atoms with Crippen LogP contribution in [-0.2, 0) is 6.42 Å². The Kier molecular flexibility index (Phi) is 9.78. The topological polar surface area (TPSA) is 64.7 Å². The van der Waals surface area contributed by atoms with Gasteiger partial charge in [0, 0.05) is 5.54 Å². The molecule has 1 aliphatic carbocycles. The highest BCUT2D eigenvalue weighted by Gasteiger charge is 2.30. The summed E-state index contributed by atoms with van der Waals surface area (Å²) in [4.78, 5) is 0. The molecule has 1 aromatic carbocycles. The summed E-state index contributed by atoms with van der Waals surface area (Å²) in [5, 5.41) is 9.82. The minimum atomic E-state index is -0.473. The molecule has 4 nitrogen and oxygen atoms in total. The van der Waals surface area contributed by atoms with Crippen LogP contribution in [0.1, 0.15) is 77.7 Å². The second-order valence-corrected chi connectivity index (χ2v) is 9.75. The van der Waals surface area contributed by atoms with Gasteiger partial charge in [-0.25, -0.2) is 0 Å². The molecule has 0 amide bonds. The number of aryl methyl sites for hydroxylation is 1. The molecule has 1 saturated carbocycles. The van der Waals surface area contributed by atoms with Gasteiger partial charge in [-0.05, 0) is 61.1 Å². The maximum absolute atomic E-state index is 9.82. The zero-order valence-corrected chi connectivity index (χ0v) is 19.1. The van der Waals surface area contributed by atoms with Crippen LogP contribution in [0.5, 0.6) is 11.5 Å². The monoisotopic (exact) mass is 405 g/mol. The largest absolute Gasteiger partial charge is 0.493 e. The Balaban J connectivity index is 1.85. The predicted molar refractivity (Wildman–Crippen MR) is 121 cm³/mol. The summed E-state index contributed by atoms with van der Waals surface area (Å²) in [6.07, 6.45) is 10.1. The van der Waals surface area contributed by atoms with Crippen LogP contribution in [-0.4, -0.2) is 31.0 Å². The maximum atomic E-state index is 9.82. The fourth-order valence-electron chi connectivity index (χ4n) is 4.09. The van der Waals surface area contributed by atoms with Crippen molar-refractivity contribution in [3.8, 4) is 11.5 Å². The summed E-state index contributed by atoms with van der Waals surface area (Å²) < 4.78 is 11.6. The van der Waals surface area contributed by atoms with Gasteiger partial charge in [0.25, 0.3) is 0 Å². The first-order valence-electron chi connectivity index (χ1n) is 11.5. The van der Waals surface area contributed by atoms with Gasteiger partial charge in [-0.15, -0.1) is 0 Å². The summed E-state index contributed by atoms with van der Waals surface area (Å²) in [5.74, 6) is 3.58. The molecule has 2 unspecified atom stereocenters. The van der Waals surface area contributed by atoms with E-state index >= 15 is 0 Å². The molecule has 0 heterocycles. The van der Waals surface area contributed by atoms with Gasteiger partial charge >= 0.3 is 0 Å². The fraction of sp³-hybridized carbons (Fsp3) is 0.760. The molecule has 166 valence electrons. The number of hydrogen-bond acceptors (Lipinski definition) is 4. The van der Waals surface area contributed by atoms with E-state index in [2.05, 4.69) is 32.9 Å². The number of hydrogen-bond donors (Lipinski definition) is 2. The Morgan fingerprint density at radius 1 is 1.17 bits per heavy atom. The molecular weight excluding hydrogens is 362 g/mol. The standard InChI is InChI=1S/C25H43NO3/c1-19(2)7-5-8-20(3)17-29-23-12-11-21(15-24(23)28-4)13-14-25(26,18-27)16-22-9-6-10-22/h11-12,15,19-20,22,27H,5-10,13-14,16-18,26H2,1-4H3. The highest BCUT2D eigenvalue weighted by molar-refractivity contribution is 5.43. The minimum Gasteiger partial charge on any atom is -0.493 e. The van der Waals surface area contributed by atoms with Crippen LogP contribution in [0, 0.1) is 17.8 Å². The molecule has 3 N–H and O–H groups in total. The van der Waals surface area contributed by atoms with Crippen LogP contribution >= 0.6 is 0 Å². The van der Waals surface area contributed by atoms with Crippen LogP contribution in [0.15, 0.2) is 18.2 Å². The van der Waals surface area contributed by atoms with Gasteiger partial charge in [-0.3, -0.25) is 0 Å². The third-order valence-corrected chi connectivity index (χ3v) is 6.38. The molecule has 0 bridgehead atoms. The molecule has 4 heteroatoms. The van der Waals surface area contributed by atoms with Crippen LogP contribution in [0.25, 0.3) is 0 Å². The predicted octanol–water partition coefficient (Wildman–Crippen LogP) is 5.35. The zero-order chi connectivity index (χ0) is 21.3. The lowest BCUT2D eigenvalue weighted by molar-refractivity contribution is 0.135. The van der Waals surface area contributed by atoms with Crippen molar-refractivity contribution in [3.05, 3.63) is 23.8 Å². The SMILES string of the molecule is COc1cc(CCC(N)(CO)CC2CCC2)ccc1OCC(C)CCCC(C)C. The number of aliphatic hydroxyl groups excluding tert-OH is 1. The number of ether oxygens (including phenoxy) is 2. The quantitative estimate of drug-likeness (QED) is 0.438. The van der Waals surface area contributed by atoms with E-state index in [4.69, 9.17) is 15.2 Å². The van der Waals surface area contributed by atoms with Crippen molar-refractivity contribution in [1.82, 2.24) is 0 Å². The second kappa shape index (κ2) is 11.8. The Bertz CT molecular complexity index is 600. The van der Waals surface area contributed by atoms with E-state index in [9.17, 15) is 5.11 Å². The van der Waals surface area contributed by atoms with Crippen LogP contribution in [0.4, 0.5) is 0 Å². The van der Waals surface area contributed by atoms with Crippen LogP contribution in [0.3, 0.4) is 0 Å². The number of methoxy groups -OCH3 is 1. The van der Waals surface area contributed by atoms with Crippen molar-refractivity contribution in [2.75, 3.05) is 20.3 Å². The Morgan fingerprint density at radius 3 is 2.52 bits per heavy atom. The number of rotatable bonds is 14. The molecule has 2 atom stereocenters. The number of benzene rings is 1. The van der Waals surface area contributed by atoms with Gasteiger partial charge < -0.3 is 20.3 Å². The Hall–Kier alpha value is -1.26. The Labute approximate surface area is 178 Å². The minimum absolute atomic E-state index is 0.0521. The fourth-order valence-corrected chi connectivity index (χ4v) is 4.09. The van der Waals surface area contributed by atoms with E-state index in [-0.39, 0.29) is 6.61 Å². The van der Waals surface area contributed by atoms with Gasteiger partial charge in [-0.2, -0.15) is 0 Å². The van der Waals surface area contributed by atoms with Crippen molar-refractivity contribution < 1.29 is 14.6 Å². The first kappa shape index (κ1) is 24.0. The molecule has 1 aromatic rings. The number of nitrogens with two attached hydrogens (primary N) is 1. The van der Waals surface area contributed by atoms with Gasteiger partial charge in [0.1, 0.15) is 0 Å².